The van der Waals surface area contributed by atoms with Crippen LogP contribution in [-0.4, -0.2) is 57.4 Å². The van der Waals surface area contributed by atoms with Crippen molar-refractivity contribution in [3.8, 4) is 17.2 Å². The van der Waals surface area contributed by atoms with Crippen LogP contribution >= 0.6 is 27.7 Å². The van der Waals surface area contributed by atoms with Crippen molar-refractivity contribution in [2.75, 3.05) is 6.54 Å². The fourth-order valence-electron chi connectivity index (χ4n) is 3.89. The number of carbonyl (C=O) groups excluding carboxylic acids is 1. The van der Waals surface area contributed by atoms with Crippen molar-refractivity contribution in [1.82, 2.24) is 25.1 Å². The van der Waals surface area contributed by atoms with E-state index >= 15 is 0 Å². The summed E-state index contributed by atoms with van der Waals surface area (Å²) in [6.07, 6.45) is -0.147. The van der Waals surface area contributed by atoms with Gasteiger partial charge in [0.2, 0.25) is 5.82 Å². The molecular formula is C20H20BrFN6O7S2. The lowest BCUT2D eigenvalue weighted by atomic mass is 9.81. The molecule has 4 rings (SSSR count). The van der Waals surface area contributed by atoms with Crippen LogP contribution in [0, 0.1) is 11.2 Å². The summed E-state index contributed by atoms with van der Waals surface area (Å²) in [5.41, 5.74) is 0.110. The number of halogens is 2. The van der Waals surface area contributed by atoms with E-state index in [1.54, 1.807) is 0 Å². The summed E-state index contributed by atoms with van der Waals surface area (Å²) in [7, 11) is -2.91. The predicted molar refractivity (Wildman–Crippen MR) is 130 cm³/mol. The van der Waals surface area contributed by atoms with E-state index in [2.05, 4.69) is 35.8 Å². The number of hydrogen-bond acceptors (Lipinski definition) is 12. The summed E-state index contributed by atoms with van der Waals surface area (Å²) >= 11 is 4.44. The highest BCUT2D eigenvalue weighted by molar-refractivity contribution is 9.10. The number of hydrogen-bond donors (Lipinski definition) is 0. The Bertz CT molecular complexity index is 1510. The standard InChI is InChI=1S/C20H20BrFN6O7S2/c1-20(2,3)14-9-11(6-7-27(14)34-18(29)26-37(31)32)36-17-15(23-35-25-17)16-24-33-19(30)28(16)10-4-5-13(22)12(21)8-10/h4-5,8,11,14H,6-7,9H2,1-3H3. The van der Waals surface area contributed by atoms with Crippen molar-refractivity contribution in [2.45, 2.75) is 49.9 Å². The Morgan fingerprint density at radius 1 is 1.30 bits per heavy atom. The smallest absolute Gasteiger partial charge is 0.348 e. The molecule has 3 aromatic rings. The zero-order valence-corrected chi connectivity index (χ0v) is 22.8. The summed E-state index contributed by atoms with van der Waals surface area (Å²) < 4.78 is 49.1. The average Bonchev–Trinajstić information content (AvgIpc) is 3.41. The first-order chi connectivity index (χ1) is 17.4. The maximum atomic E-state index is 13.7. The van der Waals surface area contributed by atoms with Crippen molar-refractivity contribution >= 4 is 44.3 Å². The van der Waals surface area contributed by atoms with E-state index in [9.17, 15) is 22.4 Å². The summed E-state index contributed by atoms with van der Waals surface area (Å²) in [4.78, 5) is 29.4. The number of hydroxylamine groups is 2. The molecule has 0 spiro atoms. The fourth-order valence-corrected chi connectivity index (χ4v) is 5.55. The first-order valence-electron chi connectivity index (χ1n) is 10.8. The summed E-state index contributed by atoms with van der Waals surface area (Å²) in [6.45, 7) is 6.20. The largest absolute Gasteiger partial charge is 0.467 e. The highest BCUT2D eigenvalue weighted by Gasteiger charge is 2.40. The van der Waals surface area contributed by atoms with Crippen LogP contribution in [-0.2, 0) is 15.3 Å². The van der Waals surface area contributed by atoms with Gasteiger partial charge in [0, 0.05) is 11.8 Å². The van der Waals surface area contributed by atoms with Gasteiger partial charge in [-0.1, -0.05) is 42.1 Å². The quantitative estimate of drug-likeness (QED) is 0.406. The van der Waals surface area contributed by atoms with Gasteiger partial charge < -0.3 is 4.84 Å². The van der Waals surface area contributed by atoms with Crippen LogP contribution in [0.1, 0.15) is 33.6 Å². The second kappa shape index (κ2) is 10.8. The molecule has 3 heterocycles. The minimum absolute atomic E-state index is 0.0261. The minimum atomic E-state index is -2.91. The van der Waals surface area contributed by atoms with Gasteiger partial charge in [0.25, 0.3) is 0 Å². The SMILES string of the molecule is CC(C)(C)C1CC(Sc2nonc2-c2noc(=O)n2-c2ccc(F)c(Br)c2)CCN1OC(=O)N=S(=O)=O. The minimum Gasteiger partial charge on any atom is -0.348 e. The Labute approximate surface area is 223 Å². The van der Waals surface area contributed by atoms with Crippen LogP contribution in [0.4, 0.5) is 9.18 Å². The van der Waals surface area contributed by atoms with E-state index < -0.39 is 28.2 Å². The van der Waals surface area contributed by atoms with Gasteiger partial charge in [-0.2, -0.15) is 8.42 Å². The molecule has 0 bridgehead atoms. The first-order valence-corrected chi connectivity index (χ1v) is 13.5. The molecule has 0 aliphatic carbocycles. The molecule has 13 nitrogen and oxygen atoms in total. The Kier molecular flexibility index (Phi) is 7.96. The van der Waals surface area contributed by atoms with Crippen LogP contribution in [0.5, 0.6) is 0 Å². The van der Waals surface area contributed by atoms with Crippen LogP contribution < -0.4 is 5.76 Å². The van der Waals surface area contributed by atoms with Gasteiger partial charge in [0.15, 0.2) is 10.7 Å². The molecule has 1 fully saturated rings. The van der Waals surface area contributed by atoms with Gasteiger partial charge in [-0.15, -0.1) is 5.06 Å². The molecular weight excluding hydrogens is 599 g/mol. The van der Waals surface area contributed by atoms with Gasteiger partial charge in [0.05, 0.1) is 16.2 Å². The Balaban J connectivity index is 1.58. The zero-order valence-electron chi connectivity index (χ0n) is 19.6. The van der Waals surface area contributed by atoms with Crippen molar-refractivity contribution in [3.63, 3.8) is 0 Å². The van der Waals surface area contributed by atoms with Crippen molar-refractivity contribution < 1.29 is 31.6 Å². The lowest BCUT2D eigenvalue weighted by molar-refractivity contribution is -0.166. The van der Waals surface area contributed by atoms with E-state index in [0.717, 1.165) is 4.57 Å². The monoisotopic (exact) mass is 618 g/mol. The normalized spacial score (nSPS) is 18.5. The van der Waals surface area contributed by atoms with Crippen LogP contribution in [0.25, 0.3) is 17.2 Å². The number of nitrogens with zero attached hydrogens (tertiary/aromatic N) is 6. The molecule has 1 aromatic carbocycles. The summed E-state index contributed by atoms with van der Waals surface area (Å²) in [5, 5.41) is 13.5. The van der Waals surface area contributed by atoms with Crippen molar-refractivity contribution in [2.24, 2.45) is 9.78 Å². The fraction of sp³-hybridized carbons (Fsp3) is 0.450. The number of piperidine rings is 1. The summed E-state index contributed by atoms with van der Waals surface area (Å²) in [6, 6.07) is 3.71. The maximum Gasteiger partial charge on any atom is 0.467 e. The zero-order chi connectivity index (χ0) is 26.9. The predicted octanol–water partition coefficient (Wildman–Crippen LogP) is 3.86. The molecule has 0 N–H and O–H groups in total. The number of rotatable bonds is 5. The Hall–Kier alpha value is -2.89. The number of aromatic nitrogens is 4. The Morgan fingerprint density at radius 2 is 2.05 bits per heavy atom. The molecule has 1 amide bonds. The highest BCUT2D eigenvalue weighted by Crippen LogP contribution is 2.40. The molecule has 2 unspecified atom stereocenters. The second-order valence-electron chi connectivity index (χ2n) is 9.08. The summed E-state index contributed by atoms with van der Waals surface area (Å²) in [5.74, 6) is -1.28. The van der Waals surface area contributed by atoms with Crippen LogP contribution in [0.15, 0.2) is 46.0 Å². The van der Waals surface area contributed by atoms with Crippen LogP contribution in [0.2, 0.25) is 0 Å². The number of carbonyl (C=O) groups is 1. The van der Waals surface area contributed by atoms with Gasteiger partial charge in [-0.25, -0.2) is 23.2 Å². The molecule has 37 heavy (non-hydrogen) atoms. The Morgan fingerprint density at radius 3 is 2.73 bits per heavy atom. The van der Waals surface area contributed by atoms with E-state index in [4.69, 9.17) is 14.0 Å². The van der Waals surface area contributed by atoms with E-state index in [0.29, 0.717) is 30.1 Å². The van der Waals surface area contributed by atoms with Gasteiger partial charge >= 0.3 is 22.3 Å². The maximum absolute atomic E-state index is 13.7. The number of amides is 1. The van der Waals surface area contributed by atoms with Crippen molar-refractivity contribution in [1.29, 1.82) is 0 Å². The van der Waals surface area contributed by atoms with E-state index in [1.807, 2.05) is 20.8 Å². The van der Waals surface area contributed by atoms with E-state index in [1.165, 1.54) is 35.0 Å². The first kappa shape index (κ1) is 27.2. The van der Waals surface area contributed by atoms with E-state index in [-0.39, 0.29) is 32.7 Å². The lowest BCUT2D eigenvalue weighted by Crippen LogP contribution is -2.50. The molecule has 2 atom stereocenters. The number of benzene rings is 1. The molecule has 1 aliphatic heterocycles. The highest BCUT2D eigenvalue weighted by atomic mass is 79.9. The van der Waals surface area contributed by atoms with Crippen LogP contribution in [0.3, 0.4) is 0 Å². The average molecular weight is 619 g/mol. The molecule has 2 aromatic heterocycles. The molecule has 0 radical (unpaired) electrons. The number of thioether (sulfide) groups is 1. The van der Waals surface area contributed by atoms with Gasteiger partial charge in [-0.3, -0.25) is 4.52 Å². The van der Waals surface area contributed by atoms with Gasteiger partial charge in [-0.05, 0) is 62.7 Å². The topological polar surface area (TPSA) is 163 Å². The molecule has 1 saturated heterocycles. The third kappa shape index (κ3) is 6.16. The lowest BCUT2D eigenvalue weighted by Gasteiger charge is -2.43. The third-order valence-electron chi connectivity index (χ3n) is 5.56. The van der Waals surface area contributed by atoms with Gasteiger partial charge in [0.1, 0.15) is 5.82 Å². The molecule has 17 heteroatoms. The molecule has 0 saturated carbocycles. The van der Waals surface area contributed by atoms with Crippen molar-refractivity contribution in [3.05, 3.63) is 39.0 Å². The molecule has 1 aliphatic rings. The third-order valence-corrected chi connectivity index (χ3v) is 7.72. The second-order valence-corrected chi connectivity index (χ2v) is 11.8. The molecule has 198 valence electrons.